The highest BCUT2D eigenvalue weighted by Gasteiger charge is 2.41. The second kappa shape index (κ2) is 9.90. The molecule has 0 aliphatic heterocycles. The molecule has 2 amide bonds. The third-order valence-electron chi connectivity index (χ3n) is 6.47. The van der Waals surface area contributed by atoms with Gasteiger partial charge in [0.25, 0.3) is 0 Å². The first-order chi connectivity index (χ1) is 16.0. The Labute approximate surface area is 192 Å². The van der Waals surface area contributed by atoms with Crippen molar-refractivity contribution < 1.29 is 24.2 Å². The van der Waals surface area contributed by atoms with Gasteiger partial charge in [0.05, 0.1) is 0 Å². The minimum atomic E-state index is -1.08. The van der Waals surface area contributed by atoms with E-state index in [1.54, 1.807) is 0 Å². The van der Waals surface area contributed by atoms with Gasteiger partial charge in [-0.05, 0) is 35.1 Å². The number of carbonyl (C=O) groups is 3. The van der Waals surface area contributed by atoms with Crippen molar-refractivity contribution in [3.05, 3.63) is 71.8 Å². The van der Waals surface area contributed by atoms with Crippen molar-refractivity contribution in [2.24, 2.45) is 0 Å². The molecule has 172 valence electrons. The molecule has 2 aliphatic rings. The van der Waals surface area contributed by atoms with E-state index in [0.29, 0.717) is 12.8 Å². The highest BCUT2D eigenvalue weighted by Crippen LogP contribution is 2.44. The summed E-state index contributed by atoms with van der Waals surface area (Å²) in [7, 11) is 0. The average molecular weight is 449 g/mol. The molecule has 2 aromatic rings. The second-order valence-electron chi connectivity index (χ2n) is 8.54. The van der Waals surface area contributed by atoms with Crippen LogP contribution in [0.1, 0.15) is 49.1 Å². The number of rotatable bonds is 7. The predicted octanol–water partition coefficient (Wildman–Crippen LogP) is 3.99. The van der Waals surface area contributed by atoms with Gasteiger partial charge in [-0.3, -0.25) is 4.79 Å². The van der Waals surface area contributed by atoms with Crippen molar-refractivity contribution in [1.29, 1.82) is 0 Å². The van der Waals surface area contributed by atoms with Gasteiger partial charge in [-0.1, -0.05) is 73.9 Å². The Morgan fingerprint density at radius 2 is 1.58 bits per heavy atom. The summed E-state index contributed by atoms with van der Waals surface area (Å²) < 4.78 is 5.65. The van der Waals surface area contributed by atoms with Crippen molar-refractivity contribution in [1.82, 2.24) is 10.6 Å². The molecular formula is C26H28N2O5. The maximum absolute atomic E-state index is 12.9. The first-order valence-corrected chi connectivity index (χ1v) is 11.3. The average Bonchev–Trinajstić information content (AvgIpc) is 3.14. The van der Waals surface area contributed by atoms with Gasteiger partial charge in [-0.2, -0.15) is 0 Å². The molecule has 0 radical (unpaired) electrons. The number of carbonyl (C=O) groups excluding carboxylic acids is 2. The molecule has 4 rings (SSSR count). The van der Waals surface area contributed by atoms with E-state index in [4.69, 9.17) is 9.84 Å². The summed E-state index contributed by atoms with van der Waals surface area (Å²) >= 11 is 0. The summed E-state index contributed by atoms with van der Waals surface area (Å²) in [5.41, 5.74) is 3.51. The maximum Gasteiger partial charge on any atom is 0.408 e. The Kier molecular flexibility index (Phi) is 6.77. The van der Waals surface area contributed by atoms with Gasteiger partial charge in [0.2, 0.25) is 5.91 Å². The van der Waals surface area contributed by atoms with Gasteiger partial charge in [-0.15, -0.1) is 0 Å². The molecule has 7 nitrogen and oxygen atoms in total. The Bertz CT molecular complexity index is 1030. The van der Waals surface area contributed by atoms with Crippen LogP contribution in [-0.2, 0) is 14.3 Å². The van der Waals surface area contributed by atoms with Crippen LogP contribution < -0.4 is 10.6 Å². The van der Waals surface area contributed by atoms with Crippen LogP contribution in [0.3, 0.4) is 0 Å². The minimum Gasteiger partial charge on any atom is -0.478 e. The first kappa shape index (κ1) is 22.6. The van der Waals surface area contributed by atoms with Crippen LogP contribution in [0.25, 0.3) is 11.1 Å². The zero-order chi connectivity index (χ0) is 23.3. The molecule has 2 aliphatic carbocycles. The van der Waals surface area contributed by atoms with Gasteiger partial charge >= 0.3 is 12.1 Å². The lowest BCUT2D eigenvalue weighted by atomic mass is 9.81. The number of ether oxygens (including phenoxy) is 1. The summed E-state index contributed by atoms with van der Waals surface area (Å²) in [4.78, 5) is 36.4. The maximum atomic E-state index is 12.9. The van der Waals surface area contributed by atoms with E-state index >= 15 is 0 Å². The normalized spacial score (nSPS) is 16.6. The quantitative estimate of drug-likeness (QED) is 0.556. The van der Waals surface area contributed by atoms with E-state index < -0.39 is 17.6 Å². The molecule has 0 spiro atoms. The molecule has 1 fully saturated rings. The van der Waals surface area contributed by atoms with Crippen molar-refractivity contribution in [3.8, 4) is 11.1 Å². The number of amides is 2. The number of carboxylic acid groups (broad SMARTS) is 1. The zero-order valence-electron chi connectivity index (χ0n) is 18.4. The van der Waals surface area contributed by atoms with E-state index in [0.717, 1.165) is 47.6 Å². The lowest BCUT2D eigenvalue weighted by molar-refractivity contribution is -0.131. The van der Waals surface area contributed by atoms with Gasteiger partial charge in [0, 0.05) is 18.5 Å². The van der Waals surface area contributed by atoms with Gasteiger partial charge < -0.3 is 20.5 Å². The third kappa shape index (κ3) is 4.92. The van der Waals surface area contributed by atoms with Crippen molar-refractivity contribution in [2.75, 3.05) is 13.2 Å². The molecule has 3 N–H and O–H groups in total. The van der Waals surface area contributed by atoms with Crippen LogP contribution >= 0.6 is 0 Å². The van der Waals surface area contributed by atoms with Crippen molar-refractivity contribution >= 4 is 18.0 Å². The largest absolute Gasteiger partial charge is 0.478 e. The SMILES string of the molecule is O=C(O)/C=C/CNC(=O)C1(NC(=O)OCC2c3ccccc3-c3ccccc32)CCCCC1. The van der Waals surface area contributed by atoms with Gasteiger partial charge in [0.15, 0.2) is 0 Å². The summed E-state index contributed by atoms with van der Waals surface area (Å²) in [6.07, 6.45) is 5.41. The lowest BCUT2D eigenvalue weighted by Gasteiger charge is -2.36. The molecule has 0 aromatic heterocycles. The second-order valence-corrected chi connectivity index (χ2v) is 8.54. The van der Waals surface area contributed by atoms with Crippen LogP contribution in [0.15, 0.2) is 60.7 Å². The highest BCUT2D eigenvalue weighted by molar-refractivity contribution is 5.90. The third-order valence-corrected chi connectivity index (χ3v) is 6.47. The van der Waals surface area contributed by atoms with Gasteiger partial charge in [-0.25, -0.2) is 9.59 Å². The van der Waals surface area contributed by atoms with Gasteiger partial charge in [0.1, 0.15) is 12.1 Å². The number of hydrogen-bond acceptors (Lipinski definition) is 4. The number of benzene rings is 2. The molecule has 2 aromatic carbocycles. The molecule has 0 heterocycles. The van der Waals surface area contributed by atoms with E-state index in [-0.39, 0.29) is 25.0 Å². The standard InChI is InChI=1S/C26H28N2O5/c29-23(30)13-8-16-27-24(31)26(14-6-1-7-15-26)28-25(32)33-17-22-20-11-4-2-9-18(20)19-10-3-5-12-21(19)22/h2-5,8-13,22H,1,6-7,14-17H2,(H,27,31)(H,28,32)(H,29,30)/b13-8+. The Hall–Kier alpha value is -3.61. The molecule has 1 saturated carbocycles. The number of fused-ring (bicyclic) bond motifs is 3. The van der Waals surface area contributed by atoms with E-state index in [1.165, 1.54) is 6.08 Å². The molecule has 0 bridgehead atoms. The smallest absolute Gasteiger partial charge is 0.408 e. The van der Waals surface area contributed by atoms with E-state index in [1.807, 2.05) is 24.3 Å². The molecule has 33 heavy (non-hydrogen) atoms. The number of alkyl carbamates (subject to hydrolysis) is 1. The van der Waals surface area contributed by atoms with Crippen LogP contribution in [0, 0.1) is 0 Å². The summed E-state index contributed by atoms with van der Waals surface area (Å²) in [6, 6.07) is 16.2. The topological polar surface area (TPSA) is 105 Å². The van der Waals surface area contributed by atoms with E-state index in [2.05, 4.69) is 34.9 Å². The fraction of sp³-hybridized carbons (Fsp3) is 0.346. The summed E-state index contributed by atoms with van der Waals surface area (Å²) in [6.45, 7) is 0.262. The number of nitrogens with one attached hydrogen (secondary N) is 2. The number of hydrogen-bond donors (Lipinski definition) is 3. The Balaban J connectivity index is 1.42. The number of carboxylic acids is 1. The molecule has 0 unspecified atom stereocenters. The fourth-order valence-electron chi connectivity index (χ4n) is 4.87. The monoisotopic (exact) mass is 448 g/mol. The predicted molar refractivity (Wildman–Crippen MR) is 124 cm³/mol. The molecule has 0 atom stereocenters. The van der Waals surface area contributed by atoms with Crippen molar-refractivity contribution in [2.45, 2.75) is 43.6 Å². The summed E-state index contributed by atoms with van der Waals surface area (Å²) in [5, 5.41) is 14.3. The lowest BCUT2D eigenvalue weighted by Crippen LogP contribution is -2.59. The van der Waals surface area contributed by atoms with Crippen LogP contribution in [-0.4, -0.2) is 41.8 Å². The molecule has 0 saturated heterocycles. The van der Waals surface area contributed by atoms with Crippen LogP contribution in [0.5, 0.6) is 0 Å². The van der Waals surface area contributed by atoms with E-state index in [9.17, 15) is 14.4 Å². The first-order valence-electron chi connectivity index (χ1n) is 11.3. The molecular weight excluding hydrogens is 420 g/mol. The fourth-order valence-corrected chi connectivity index (χ4v) is 4.87. The Morgan fingerprint density at radius 1 is 0.970 bits per heavy atom. The number of aliphatic carboxylic acids is 1. The molecule has 7 heteroatoms. The zero-order valence-corrected chi connectivity index (χ0v) is 18.4. The van der Waals surface area contributed by atoms with Crippen LogP contribution in [0.4, 0.5) is 4.79 Å². The summed E-state index contributed by atoms with van der Waals surface area (Å²) in [5.74, 6) is -1.44. The Morgan fingerprint density at radius 3 is 2.18 bits per heavy atom. The van der Waals surface area contributed by atoms with Crippen LogP contribution in [0.2, 0.25) is 0 Å². The highest BCUT2D eigenvalue weighted by atomic mass is 16.5. The minimum absolute atomic E-state index is 0.0551. The van der Waals surface area contributed by atoms with Crippen molar-refractivity contribution in [3.63, 3.8) is 0 Å².